The number of hydrogen-bond acceptors (Lipinski definition) is 12. The zero-order chi connectivity index (χ0) is 36.7. The SMILES string of the molecule is CNCC(=O)OCc1cccnc1N(C)C(=O)OC(C)[NH+]1C=NN(C[C@](O)(c2cc(F)ccc2F)[C@@H](C)c2nc(-c3ccc(C#N)cc3)cs2)C1. The Morgan fingerprint density at radius 1 is 1.22 bits per heavy atom. The van der Waals surface area contributed by atoms with Gasteiger partial charge in [-0.2, -0.15) is 5.26 Å². The molecule has 4 aromatic rings. The van der Waals surface area contributed by atoms with E-state index in [1.165, 1.54) is 40.8 Å². The molecule has 2 aromatic carbocycles. The third-order valence-electron chi connectivity index (χ3n) is 8.46. The number of quaternary nitrogens is 1. The summed E-state index contributed by atoms with van der Waals surface area (Å²) in [6.45, 7) is 3.15. The molecule has 51 heavy (non-hydrogen) atoms. The van der Waals surface area contributed by atoms with Gasteiger partial charge >= 0.3 is 12.1 Å². The number of aromatic nitrogens is 2. The number of anilines is 1. The molecule has 0 fully saturated rings. The van der Waals surface area contributed by atoms with Crippen molar-refractivity contribution in [3.05, 3.63) is 99.5 Å². The molecule has 0 aliphatic carbocycles. The second-order valence-corrected chi connectivity index (χ2v) is 12.8. The highest BCUT2D eigenvalue weighted by Gasteiger charge is 2.44. The van der Waals surface area contributed by atoms with Crippen LogP contribution in [0, 0.1) is 23.0 Å². The highest BCUT2D eigenvalue weighted by Crippen LogP contribution is 2.41. The van der Waals surface area contributed by atoms with Crippen LogP contribution in [0.2, 0.25) is 0 Å². The average molecular weight is 720 g/mol. The number of aliphatic hydroxyl groups is 1. The summed E-state index contributed by atoms with van der Waals surface area (Å²) in [5.41, 5.74) is 0.116. The van der Waals surface area contributed by atoms with Crippen LogP contribution >= 0.6 is 11.3 Å². The Hall–Kier alpha value is -5.34. The van der Waals surface area contributed by atoms with Gasteiger partial charge in [0.1, 0.15) is 29.7 Å². The van der Waals surface area contributed by atoms with Gasteiger partial charge < -0.3 is 19.9 Å². The lowest BCUT2D eigenvalue weighted by Crippen LogP contribution is -3.14. The quantitative estimate of drug-likeness (QED) is 0.175. The van der Waals surface area contributed by atoms with E-state index in [2.05, 4.69) is 21.5 Å². The first-order valence-electron chi connectivity index (χ1n) is 15.9. The molecule has 13 nitrogen and oxygen atoms in total. The molecular weight excluding hydrogens is 682 g/mol. The molecule has 0 spiro atoms. The van der Waals surface area contributed by atoms with Crippen LogP contribution in [0.15, 0.2) is 71.3 Å². The first-order chi connectivity index (χ1) is 24.4. The molecular formula is C35H37F2N8O5S+. The van der Waals surface area contributed by atoms with E-state index >= 15 is 4.39 Å². The predicted molar refractivity (Wildman–Crippen MR) is 184 cm³/mol. The van der Waals surface area contributed by atoms with E-state index in [9.17, 15) is 19.1 Å². The number of amides is 1. The second kappa shape index (κ2) is 16.1. The summed E-state index contributed by atoms with van der Waals surface area (Å²) in [7, 11) is 3.10. The Balaban J connectivity index is 1.29. The van der Waals surface area contributed by atoms with Crippen LogP contribution in [-0.4, -0.2) is 78.6 Å². The van der Waals surface area contributed by atoms with Gasteiger partial charge in [0.05, 0.1) is 35.4 Å². The van der Waals surface area contributed by atoms with Gasteiger partial charge in [0.15, 0.2) is 6.67 Å². The van der Waals surface area contributed by atoms with Crippen molar-refractivity contribution in [2.75, 3.05) is 38.8 Å². The minimum atomic E-state index is -2.00. The molecule has 266 valence electrons. The lowest BCUT2D eigenvalue weighted by molar-refractivity contribution is -0.852. The van der Waals surface area contributed by atoms with Crippen molar-refractivity contribution in [3.8, 4) is 17.3 Å². The Kier molecular flexibility index (Phi) is 11.7. The van der Waals surface area contributed by atoms with Gasteiger partial charge in [0, 0.05) is 48.2 Å². The summed E-state index contributed by atoms with van der Waals surface area (Å²) in [6.07, 6.45) is 1.52. The summed E-state index contributed by atoms with van der Waals surface area (Å²) < 4.78 is 40.8. The molecule has 2 unspecified atom stereocenters. The Morgan fingerprint density at radius 3 is 2.71 bits per heavy atom. The molecule has 0 radical (unpaired) electrons. The van der Waals surface area contributed by atoms with Crippen molar-refractivity contribution < 1.29 is 37.9 Å². The fourth-order valence-corrected chi connectivity index (χ4v) is 6.44. The van der Waals surface area contributed by atoms with Crippen LogP contribution in [0.5, 0.6) is 0 Å². The van der Waals surface area contributed by atoms with Crippen LogP contribution < -0.4 is 15.1 Å². The number of nitrogens with zero attached hydrogens (tertiary/aromatic N) is 6. The van der Waals surface area contributed by atoms with Crippen molar-refractivity contribution in [2.24, 2.45) is 5.10 Å². The lowest BCUT2D eigenvalue weighted by atomic mass is 9.81. The summed E-state index contributed by atoms with van der Waals surface area (Å²) >= 11 is 1.26. The average Bonchev–Trinajstić information content (AvgIpc) is 3.82. The molecule has 2 aromatic heterocycles. The van der Waals surface area contributed by atoms with Gasteiger partial charge in [-0.25, -0.2) is 33.5 Å². The molecule has 16 heteroatoms. The Morgan fingerprint density at radius 2 is 1.98 bits per heavy atom. The number of nitrogens with one attached hydrogen (secondary N) is 2. The van der Waals surface area contributed by atoms with Crippen LogP contribution in [0.3, 0.4) is 0 Å². The number of benzene rings is 2. The van der Waals surface area contributed by atoms with E-state index in [-0.39, 0.29) is 37.7 Å². The monoisotopic (exact) mass is 719 g/mol. The number of hydrogen-bond donors (Lipinski definition) is 3. The number of hydrazone groups is 1. The van der Waals surface area contributed by atoms with E-state index in [0.29, 0.717) is 26.7 Å². The van der Waals surface area contributed by atoms with Gasteiger partial charge in [0.25, 0.3) is 0 Å². The smallest absolute Gasteiger partial charge is 0.419 e. The van der Waals surface area contributed by atoms with E-state index in [1.807, 2.05) is 0 Å². The highest BCUT2D eigenvalue weighted by molar-refractivity contribution is 7.10. The van der Waals surface area contributed by atoms with Crippen LogP contribution in [0.25, 0.3) is 11.3 Å². The lowest BCUT2D eigenvalue weighted by Gasteiger charge is -2.36. The normalized spacial score (nSPS) is 16.2. The largest absolute Gasteiger partial charge is 0.460 e. The molecule has 0 bridgehead atoms. The van der Waals surface area contributed by atoms with Gasteiger partial charge in [-0.1, -0.05) is 25.1 Å². The maximum absolute atomic E-state index is 15.3. The number of β-amino-alcohol motifs (C(OH)–C–C–N with tert-alkyl or cyclic N) is 1. The molecule has 3 heterocycles. The molecule has 5 rings (SSSR count). The van der Waals surface area contributed by atoms with Crippen LogP contribution in [0.4, 0.5) is 19.4 Å². The number of carbonyl (C=O) groups is 2. The molecule has 1 aliphatic rings. The molecule has 1 amide bonds. The van der Waals surface area contributed by atoms with Crippen molar-refractivity contribution in [3.63, 3.8) is 0 Å². The van der Waals surface area contributed by atoms with E-state index in [4.69, 9.17) is 19.7 Å². The fourth-order valence-electron chi connectivity index (χ4n) is 5.47. The van der Waals surface area contributed by atoms with Gasteiger partial charge in [0.2, 0.25) is 12.6 Å². The fraction of sp³-hybridized carbons (Fsp3) is 0.314. The summed E-state index contributed by atoms with van der Waals surface area (Å²) in [6, 6.07) is 15.2. The first-order valence-corrected chi connectivity index (χ1v) is 16.8. The maximum Gasteiger partial charge on any atom is 0.419 e. The Bertz CT molecular complexity index is 1940. The highest BCUT2D eigenvalue weighted by atomic mass is 32.1. The van der Waals surface area contributed by atoms with Gasteiger partial charge in [-0.15, -0.1) is 16.4 Å². The van der Waals surface area contributed by atoms with Crippen molar-refractivity contribution >= 4 is 35.6 Å². The summed E-state index contributed by atoms with van der Waals surface area (Å²) in [5, 5.41) is 32.3. The molecule has 4 atom stereocenters. The number of halogens is 2. The molecule has 1 aliphatic heterocycles. The number of esters is 1. The zero-order valence-electron chi connectivity index (χ0n) is 28.3. The van der Waals surface area contributed by atoms with Gasteiger partial charge in [-0.05, 0) is 43.4 Å². The maximum atomic E-state index is 15.3. The number of thiazole rings is 1. The van der Waals surface area contributed by atoms with Crippen molar-refractivity contribution in [1.29, 1.82) is 5.26 Å². The molecule has 0 saturated carbocycles. The van der Waals surface area contributed by atoms with Crippen LogP contribution in [0.1, 0.15) is 41.5 Å². The Labute approximate surface area is 297 Å². The summed E-state index contributed by atoms with van der Waals surface area (Å²) in [4.78, 5) is 35.8. The number of nitriles is 1. The van der Waals surface area contributed by atoms with E-state index in [1.54, 1.807) is 62.7 Å². The third kappa shape index (κ3) is 8.52. The topological polar surface area (TPSA) is 158 Å². The van der Waals surface area contributed by atoms with Gasteiger partial charge in [-0.3, -0.25) is 9.69 Å². The molecule has 0 saturated heterocycles. The minimum Gasteiger partial charge on any atom is -0.460 e. The number of carbonyl (C=O) groups excluding carboxylic acids is 2. The summed E-state index contributed by atoms with van der Waals surface area (Å²) in [5.74, 6) is -2.55. The van der Waals surface area contributed by atoms with Crippen molar-refractivity contribution in [1.82, 2.24) is 20.3 Å². The third-order valence-corrected chi connectivity index (χ3v) is 9.48. The van der Waals surface area contributed by atoms with Crippen LogP contribution in [-0.2, 0) is 26.5 Å². The predicted octanol–water partition coefficient (Wildman–Crippen LogP) is 3.33. The first kappa shape index (κ1) is 36.9. The number of likely N-dealkylation sites (N-methyl/N-ethyl adjacent to an activating group) is 1. The van der Waals surface area contributed by atoms with E-state index < -0.39 is 41.4 Å². The molecule has 3 N–H and O–H groups in total. The van der Waals surface area contributed by atoms with Crippen molar-refractivity contribution in [2.45, 2.75) is 38.2 Å². The minimum absolute atomic E-state index is 0.0292. The number of rotatable bonds is 13. The number of pyridine rings is 1. The zero-order valence-corrected chi connectivity index (χ0v) is 29.2. The standard InChI is InChI=1S/C35H36F2N8O5S/c1-22(33-42-30(18-51-33)25-9-7-24(15-38)8-10-25)35(48,28-14-27(36)11-12-29(28)37)19-45-21-44(20-41-45)23(2)50-34(47)43(4)32-26(6-5-13-40-32)17-49-31(46)16-39-3/h5-14,18,20,22-23,39,48H,16-17,19,21H2,1-4H3/p+1/t22-,23?,35+/m0/s1. The van der Waals surface area contributed by atoms with E-state index in [0.717, 1.165) is 23.8 Å². The number of ether oxygens (including phenoxy) is 2. The second-order valence-electron chi connectivity index (χ2n) is 11.9.